The van der Waals surface area contributed by atoms with E-state index in [9.17, 15) is 0 Å². The maximum atomic E-state index is 5.16. The number of hydrogen-bond donors (Lipinski definition) is 0. The second kappa shape index (κ2) is 4.35. The van der Waals surface area contributed by atoms with Crippen LogP contribution in [0.4, 0.5) is 0 Å². The molecule has 0 spiro atoms. The van der Waals surface area contributed by atoms with Gasteiger partial charge in [-0.2, -0.15) is 0 Å². The summed E-state index contributed by atoms with van der Waals surface area (Å²) in [5.74, 6) is 0. The Morgan fingerprint density at radius 3 is 2.62 bits per heavy atom. The Morgan fingerprint density at radius 2 is 2.00 bits per heavy atom. The average Bonchev–Trinajstić information content (AvgIpc) is 2.60. The highest BCUT2D eigenvalue weighted by molar-refractivity contribution is 6.24. The van der Waals surface area contributed by atoms with Gasteiger partial charge in [0, 0.05) is 11.1 Å². The molecule has 2 nitrogen and oxygen atoms in total. The van der Waals surface area contributed by atoms with Crippen LogP contribution in [0.15, 0.2) is 47.6 Å². The summed E-state index contributed by atoms with van der Waals surface area (Å²) in [5, 5.41) is 4.17. The van der Waals surface area contributed by atoms with Crippen molar-refractivity contribution in [2.24, 2.45) is 5.16 Å². The fraction of sp³-hybridized carbons (Fsp3) is 0.214. The SMILES string of the molecule is C=CC1=C(C)c2ccccc2/C1=N\OCC. The topological polar surface area (TPSA) is 21.6 Å². The van der Waals surface area contributed by atoms with E-state index in [0.717, 1.165) is 16.8 Å². The fourth-order valence-electron chi connectivity index (χ4n) is 1.96. The van der Waals surface area contributed by atoms with Gasteiger partial charge in [-0.1, -0.05) is 42.1 Å². The molecule has 1 aliphatic carbocycles. The molecule has 0 N–H and O–H groups in total. The van der Waals surface area contributed by atoms with Crippen molar-refractivity contribution in [3.8, 4) is 0 Å². The van der Waals surface area contributed by atoms with Crippen LogP contribution in [0.2, 0.25) is 0 Å². The zero-order chi connectivity index (χ0) is 11.5. The first-order chi connectivity index (χ1) is 7.79. The van der Waals surface area contributed by atoms with E-state index in [-0.39, 0.29) is 0 Å². The number of oxime groups is 1. The molecule has 1 aliphatic rings. The highest BCUT2D eigenvalue weighted by atomic mass is 16.6. The highest BCUT2D eigenvalue weighted by Gasteiger charge is 2.23. The lowest BCUT2D eigenvalue weighted by Crippen LogP contribution is -2.00. The molecular weight excluding hydrogens is 198 g/mol. The Hall–Kier alpha value is -1.83. The standard InChI is InChI=1S/C14H15NO/c1-4-11-10(3)12-8-6-7-9-13(12)14(11)15-16-5-2/h4,6-9H,1,5H2,2-3H3/b15-14-. The molecule has 0 saturated carbocycles. The number of benzene rings is 1. The van der Waals surface area contributed by atoms with Gasteiger partial charge in [0.15, 0.2) is 0 Å². The largest absolute Gasteiger partial charge is 0.396 e. The molecule has 0 fully saturated rings. The molecule has 1 aromatic carbocycles. The van der Waals surface area contributed by atoms with Crippen LogP contribution in [0.5, 0.6) is 0 Å². The summed E-state index contributed by atoms with van der Waals surface area (Å²) in [6.07, 6.45) is 1.84. The highest BCUT2D eigenvalue weighted by Crippen LogP contribution is 2.33. The quantitative estimate of drug-likeness (QED) is 0.705. The molecule has 0 amide bonds. The molecule has 0 aliphatic heterocycles. The summed E-state index contributed by atoms with van der Waals surface area (Å²) in [4.78, 5) is 5.16. The van der Waals surface area contributed by atoms with E-state index < -0.39 is 0 Å². The molecule has 82 valence electrons. The molecule has 0 atom stereocenters. The summed E-state index contributed by atoms with van der Waals surface area (Å²) in [5.41, 5.74) is 5.52. The molecule has 16 heavy (non-hydrogen) atoms. The van der Waals surface area contributed by atoms with Crippen molar-refractivity contribution < 1.29 is 4.84 Å². The average molecular weight is 213 g/mol. The van der Waals surface area contributed by atoms with Crippen LogP contribution in [0.1, 0.15) is 25.0 Å². The molecule has 0 radical (unpaired) electrons. The van der Waals surface area contributed by atoms with Crippen LogP contribution in [-0.4, -0.2) is 12.3 Å². The van der Waals surface area contributed by atoms with Gasteiger partial charge in [0.05, 0.1) is 0 Å². The minimum Gasteiger partial charge on any atom is -0.396 e. The van der Waals surface area contributed by atoms with Gasteiger partial charge in [-0.3, -0.25) is 0 Å². The Kier molecular flexibility index (Phi) is 2.91. The first-order valence-corrected chi connectivity index (χ1v) is 5.43. The van der Waals surface area contributed by atoms with Crippen LogP contribution in [0.25, 0.3) is 5.57 Å². The second-order valence-electron chi connectivity index (χ2n) is 3.65. The van der Waals surface area contributed by atoms with Crippen LogP contribution in [0, 0.1) is 0 Å². The summed E-state index contributed by atoms with van der Waals surface area (Å²) in [6.45, 7) is 8.43. The Balaban J connectivity index is 2.56. The number of nitrogens with zero attached hydrogens (tertiary/aromatic N) is 1. The summed E-state index contributed by atoms with van der Waals surface area (Å²) < 4.78 is 0. The van der Waals surface area contributed by atoms with E-state index in [1.807, 2.05) is 25.1 Å². The molecule has 0 heterocycles. The minimum absolute atomic E-state index is 0.579. The third kappa shape index (κ3) is 1.56. The van der Waals surface area contributed by atoms with Crippen molar-refractivity contribution in [2.75, 3.05) is 6.61 Å². The van der Waals surface area contributed by atoms with Gasteiger partial charge in [-0.25, -0.2) is 0 Å². The van der Waals surface area contributed by atoms with E-state index in [4.69, 9.17) is 4.84 Å². The zero-order valence-electron chi connectivity index (χ0n) is 9.66. The van der Waals surface area contributed by atoms with Gasteiger partial charge in [-0.05, 0) is 25.0 Å². The van der Waals surface area contributed by atoms with Crippen LogP contribution in [0.3, 0.4) is 0 Å². The smallest absolute Gasteiger partial charge is 0.118 e. The van der Waals surface area contributed by atoms with E-state index in [2.05, 4.69) is 30.8 Å². The van der Waals surface area contributed by atoms with E-state index >= 15 is 0 Å². The molecule has 0 bridgehead atoms. The van der Waals surface area contributed by atoms with Crippen molar-refractivity contribution in [1.82, 2.24) is 0 Å². The predicted octanol–water partition coefficient (Wildman–Crippen LogP) is 3.40. The lowest BCUT2D eigenvalue weighted by atomic mass is 10.1. The van der Waals surface area contributed by atoms with E-state index in [1.165, 1.54) is 11.1 Å². The van der Waals surface area contributed by atoms with Crippen molar-refractivity contribution in [2.45, 2.75) is 13.8 Å². The summed E-state index contributed by atoms with van der Waals surface area (Å²) >= 11 is 0. The van der Waals surface area contributed by atoms with Crippen molar-refractivity contribution >= 4 is 11.3 Å². The number of hydrogen-bond acceptors (Lipinski definition) is 2. The maximum absolute atomic E-state index is 5.16. The Labute approximate surface area is 95.9 Å². The normalized spacial score (nSPS) is 16.5. The molecule has 0 aromatic heterocycles. The number of allylic oxidation sites excluding steroid dienone is 3. The molecule has 0 unspecified atom stereocenters. The van der Waals surface area contributed by atoms with E-state index in [0.29, 0.717) is 6.61 Å². The van der Waals surface area contributed by atoms with Gasteiger partial charge >= 0.3 is 0 Å². The van der Waals surface area contributed by atoms with Gasteiger partial charge < -0.3 is 4.84 Å². The number of rotatable bonds is 3. The molecular formula is C14H15NO. The maximum Gasteiger partial charge on any atom is 0.118 e. The third-order valence-corrected chi connectivity index (χ3v) is 2.73. The molecule has 2 heteroatoms. The lowest BCUT2D eigenvalue weighted by molar-refractivity contribution is 0.159. The monoisotopic (exact) mass is 213 g/mol. The second-order valence-corrected chi connectivity index (χ2v) is 3.65. The van der Waals surface area contributed by atoms with Gasteiger partial charge in [0.1, 0.15) is 12.3 Å². The summed E-state index contributed by atoms with van der Waals surface area (Å²) in [6, 6.07) is 8.21. The van der Waals surface area contributed by atoms with E-state index in [1.54, 1.807) is 0 Å². The van der Waals surface area contributed by atoms with Gasteiger partial charge in [0.2, 0.25) is 0 Å². The first-order valence-electron chi connectivity index (χ1n) is 5.43. The first kappa shape index (κ1) is 10.7. The Morgan fingerprint density at radius 1 is 1.31 bits per heavy atom. The van der Waals surface area contributed by atoms with Crippen LogP contribution in [-0.2, 0) is 4.84 Å². The molecule has 2 rings (SSSR count). The molecule has 0 saturated heterocycles. The number of fused-ring (bicyclic) bond motifs is 1. The fourth-order valence-corrected chi connectivity index (χ4v) is 1.96. The van der Waals surface area contributed by atoms with Crippen molar-refractivity contribution in [3.05, 3.63) is 53.6 Å². The Bertz CT molecular complexity index is 483. The van der Waals surface area contributed by atoms with Crippen LogP contribution >= 0.6 is 0 Å². The molecule has 1 aromatic rings. The third-order valence-electron chi connectivity index (χ3n) is 2.73. The van der Waals surface area contributed by atoms with Gasteiger partial charge in [-0.15, -0.1) is 0 Å². The van der Waals surface area contributed by atoms with Crippen LogP contribution < -0.4 is 0 Å². The summed E-state index contributed by atoms with van der Waals surface area (Å²) in [7, 11) is 0. The lowest BCUT2D eigenvalue weighted by Gasteiger charge is -2.01. The zero-order valence-corrected chi connectivity index (χ0v) is 9.66. The van der Waals surface area contributed by atoms with Gasteiger partial charge in [0.25, 0.3) is 0 Å². The van der Waals surface area contributed by atoms with Crippen molar-refractivity contribution in [1.29, 1.82) is 0 Å². The predicted molar refractivity (Wildman–Crippen MR) is 67.4 cm³/mol. The minimum atomic E-state index is 0.579. The van der Waals surface area contributed by atoms with Crippen molar-refractivity contribution in [3.63, 3.8) is 0 Å².